The van der Waals surface area contributed by atoms with Gasteiger partial charge in [-0.05, 0) is 24.1 Å². The van der Waals surface area contributed by atoms with Crippen molar-refractivity contribution in [3.8, 4) is 0 Å². The Hall–Kier alpha value is -1.35. The zero-order valence-electron chi connectivity index (χ0n) is 9.86. The molecule has 0 aliphatic rings. The van der Waals surface area contributed by atoms with Gasteiger partial charge in [0.25, 0.3) is 0 Å². The van der Waals surface area contributed by atoms with E-state index in [1.807, 2.05) is 19.1 Å². The Kier molecular flexibility index (Phi) is 4.99. The number of nitrogens with one attached hydrogen (secondary N) is 1. The third kappa shape index (κ3) is 3.66. The van der Waals surface area contributed by atoms with Crippen molar-refractivity contribution < 1.29 is 9.90 Å². The first kappa shape index (κ1) is 12.7. The molecular weight excluding hydrogens is 202 g/mol. The van der Waals surface area contributed by atoms with Crippen molar-refractivity contribution in [1.29, 1.82) is 0 Å². The maximum Gasteiger partial charge on any atom is 0.227 e. The average Bonchev–Trinajstić information content (AvgIpc) is 2.30. The van der Waals surface area contributed by atoms with Crippen molar-refractivity contribution in [2.75, 3.05) is 5.32 Å². The highest BCUT2D eigenvalue weighted by Crippen LogP contribution is 2.13. The summed E-state index contributed by atoms with van der Waals surface area (Å²) in [6.45, 7) is 4.03. The van der Waals surface area contributed by atoms with Crippen LogP contribution in [-0.2, 0) is 11.4 Å². The van der Waals surface area contributed by atoms with Gasteiger partial charge in [-0.25, -0.2) is 0 Å². The van der Waals surface area contributed by atoms with Crippen LogP contribution in [0.5, 0.6) is 0 Å². The first-order valence-electron chi connectivity index (χ1n) is 5.68. The Labute approximate surface area is 96.5 Å². The SMILES string of the molecule is CCCC(C)C(=O)Nc1ccc(CO)cc1. The van der Waals surface area contributed by atoms with E-state index in [9.17, 15) is 4.79 Å². The highest BCUT2D eigenvalue weighted by atomic mass is 16.3. The molecule has 2 N–H and O–H groups in total. The predicted molar refractivity (Wildman–Crippen MR) is 65.1 cm³/mol. The van der Waals surface area contributed by atoms with Crippen LogP contribution in [0, 0.1) is 5.92 Å². The molecule has 0 aliphatic carbocycles. The minimum Gasteiger partial charge on any atom is -0.392 e. The van der Waals surface area contributed by atoms with Gasteiger partial charge in [0, 0.05) is 11.6 Å². The topological polar surface area (TPSA) is 49.3 Å². The highest BCUT2D eigenvalue weighted by Gasteiger charge is 2.11. The van der Waals surface area contributed by atoms with Crippen LogP contribution in [0.1, 0.15) is 32.3 Å². The number of aliphatic hydroxyl groups excluding tert-OH is 1. The lowest BCUT2D eigenvalue weighted by Gasteiger charge is -2.11. The normalized spacial score (nSPS) is 12.2. The van der Waals surface area contributed by atoms with Crippen molar-refractivity contribution in [2.24, 2.45) is 5.92 Å². The minimum atomic E-state index is 0.0282. The number of carbonyl (C=O) groups is 1. The van der Waals surface area contributed by atoms with E-state index in [2.05, 4.69) is 12.2 Å². The van der Waals surface area contributed by atoms with Gasteiger partial charge in [0.1, 0.15) is 0 Å². The third-order valence-electron chi connectivity index (χ3n) is 2.57. The number of hydrogen-bond donors (Lipinski definition) is 2. The van der Waals surface area contributed by atoms with Gasteiger partial charge in [0.15, 0.2) is 0 Å². The molecule has 3 heteroatoms. The second kappa shape index (κ2) is 6.28. The van der Waals surface area contributed by atoms with E-state index < -0.39 is 0 Å². The average molecular weight is 221 g/mol. The van der Waals surface area contributed by atoms with Crippen LogP contribution in [0.25, 0.3) is 0 Å². The van der Waals surface area contributed by atoms with Gasteiger partial charge < -0.3 is 10.4 Å². The van der Waals surface area contributed by atoms with Crippen molar-refractivity contribution in [3.05, 3.63) is 29.8 Å². The van der Waals surface area contributed by atoms with Crippen LogP contribution in [-0.4, -0.2) is 11.0 Å². The number of rotatable bonds is 5. The summed E-state index contributed by atoms with van der Waals surface area (Å²) < 4.78 is 0. The summed E-state index contributed by atoms with van der Waals surface area (Å²) in [6, 6.07) is 7.23. The van der Waals surface area contributed by atoms with Crippen LogP contribution in [0.4, 0.5) is 5.69 Å². The standard InChI is InChI=1S/C13H19NO2/c1-3-4-10(2)13(16)14-12-7-5-11(9-15)6-8-12/h5-8,10,15H,3-4,9H2,1-2H3,(H,14,16). The van der Waals surface area contributed by atoms with E-state index in [1.165, 1.54) is 0 Å². The van der Waals surface area contributed by atoms with Crippen molar-refractivity contribution in [3.63, 3.8) is 0 Å². The smallest absolute Gasteiger partial charge is 0.227 e. The lowest BCUT2D eigenvalue weighted by atomic mass is 10.1. The Morgan fingerprint density at radius 3 is 2.50 bits per heavy atom. The maximum absolute atomic E-state index is 11.7. The van der Waals surface area contributed by atoms with Crippen molar-refractivity contribution >= 4 is 11.6 Å². The van der Waals surface area contributed by atoms with E-state index in [1.54, 1.807) is 12.1 Å². The zero-order chi connectivity index (χ0) is 12.0. The summed E-state index contributed by atoms with van der Waals surface area (Å²) in [5.74, 6) is 0.0983. The number of anilines is 1. The Bertz CT molecular complexity index is 332. The van der Waals surface area contributed by atoms with Gasteiger partial charge in [0.2, 0.25) is 5.91 Å². The lowest BCUT2D eigenvalue weighted by molar-refractivity contribution is -0.119. The van der Waals surface area contributed by atoms with Gasteiger partial charge in [0.05, 0.1) is 6.61 Å². The summed E-state index contributed by atoms with van der Waals surface area (Å²) in [6.07, 6.45) is 1.92. The molecule has 0 spiro atoms. The first-order chi connectivity index (χ1) is 7.67. The molecule has 1 rings (SSSR count). The maximum atomic E-state index is 11.7. The fourth-order valence-electron chi connectivity index (χ4n) is 1.52. The highest BCUT2D eigenvalue weighted by molar-refractivity contribution is 5.92. The molecule has 1 aromatic carbocycles. The molecule has 0 saturated heterocycles. The summed E-state index contributed by atoms with van der Waals surface area (Å²) in [7, 11) is 0. The van der Waals surface area contributed by atoms with Gasteiger partial charge in [-0.1, -0.05) is 32.4 Å². The predicted octanol–water partition coefficient (Wildman–Crippen LogP) is 2.55. The van der Waals surface area contributed by atoms with Gasteiger partial charge >= 0.3 is 0 Å². The second-order valence-corrected chi connectivity index (χ2v) is 4.03. The largest absolute Gasteiger partial charge is 0.392 e. The van der Waals surface area contributed by atoms with Crippen LogP contribution in [0.3, 0.4) is 0 Å². The molecule has 16 heavy (non-hydrogen) atoms. The molecule has 0 fully saturated rings. The molecule has 0 radical (unpaired) electrons. The van der Waals surface area contributed by atoms with Crippen molar-refractivity contribution in [1.82, 2.24) is 0 Å². The fourth-order valence-corrected chi connectivity index (χ4v) is 1.52. The molecule has 1 unspecified atom stereocenters. The summed E-state index contributed by atoms with van der Waals surface area (Å²) in [4.78, 5) is 11.7. The van der Waals surface area contributed by atoms with Crippen LogP contribution in [0.15, 0.2) is 24.3 Å². The number of benzene rings is 1. The first-order valence-corrected chi connectivity index (χ1v) is 5.68. The molecular formula is C13H19NO2. The molecule has 88 valence electrons. The van der Waals surface area contributed by atoms with Crippen LogP contribution >= 0.6 is 0 Å². The number of aliphatic hydroxyl groups is 1. The molecule has 3 nitrogen and oxygen atoms in total. The van der Waals surface area contributed by atoms with Crippen LogP contribution in [0.2, 0.25) is 0 Å². The molecule has 0 aromatic heterocycles. The number of amides is 1. The molecule has 0 bridgehead atoms. The zero-order valence-corrected chi connectivity index (χ0v) is 9.86. The van der Waals surface area contributed by atoms with Crippen molar-refractivity contribution in [2.45, 2.75) is 33.3 Å². The third-order valence-corrected chi connectivity index (χ3v) is 2.57. The van der Waals surface area contributed by atoms with Gasteiger partial charge in [-0.3, -0.25) is 4.79 Å². The van der Waals surface area contributed by atoms with E-state index in [0.717, 1.165) is 24.1 Å². The Morgan fingerprint density at radius 2 is 2.00 bits per heavy atom. The summed E-state index contributed by atoms with van der Waals surface area (Å²) in [5.41, 5.74) is 1.63. The molecule has 0 aliphatic heterocycles. The fraction of sp³-hybridized carbons (Fsp3) is 0.462. The molecule has 1 amide bonds. The molecule has 1 atom stereocenters. The van der Waals surface area contributed by atoms with Crippen LogP contribution < -0.4 is 5.32 Å². The number of carbonyl (C=O) groups excluding carboxylic acids is 1. The summed E-state index contributed by atoms with van der Waals surface area (Å²) in [5, 5.41) is 11.7. The number of hydrogen-bond acceptors (Lipinski definition) is 2. The Balaban J connectivity index is 2.55. The minimum absolute atomic E-state index is 0.0282. The Morgan fingerprint density at radius 1 is 1.38 bits per heavy atom. The second-order valence-electron chi connectivity index (χ2n) is 4.03. The molecule has 0 heterocycles. The summed E-state index contributed by atoms with van der Waals surface area (Å²) >= 11 is 0. The van der Waals surface area contributed by atoms with E-state index in [4.69, 9.17) is 5.11 Å². The lowest BCUT2D eigenvalue weighted by Crippen LogP contribution is -2.20. The van der Waals surface area contributed by atoms with Gasteiger partial charge in [-0.2, -0.15) is 0 Å². The molecule has 0 saturated carbocycles. The van der Waals surface area contributed by atoms with Gasteiger partial charge in [-0.15, -0.1) is 0 Å². The monoisotopic (exact) mass is 221 g/mol. The van der Waals surface area contributed by atoms with E-state index in [0.29, 0.717) is 0 Å². The van der Waals surface area contributed by atoms with E-state index >= 15 is 0 Å². The van der Waals surface area contributed by atoms with E-state index in [-0.39, 0.29) is 18.4 Å². The molecule has 1 aromatic rings. The quantitative estimate of drug-likeness (QED) is 0.802.